The molecule has 0 atom stereocenters. The zero-order chi connectivity index (χ0) is 16.7. The normalized spacial score (nSPS) is 11.1. The number of carbonyl (C=O) groups excluding carboxylic acids is 1. The lowest BCUT2D eigenvalue weighted by molar-refractivity contribution is -0.116. The third-order valence-electron chi connectivity index (χ3n) is 3.40. The van der Waals surface area contributed by atoms with Crippen molar-refractivity contribution in [2.24, 2.45) is 0 Å². The van der Waals surface area contributed by atoms with E-state index in [1.165, 1.54) is 6.08 Å². The molecule has 0 fully saturated rings. The van der Waals surface area contributed by atoms with Gasteiger partial charge in [-0.3, -0.25) is 14.5 Å². The predicted octanol–water partition coefficient (Wildman–Crippen LogP) is 3.37. The Morgan fingerprint density at radius 3 is 2.96 bits per heavy atom. The molecule has 0 saturated heterocycles. The van der Waals surface area contributed by atoms with Gasteiger partial charge in [0.15, 0.2) is 0 Å². The second-order valence-corrected chi connectivity index (χ2v) is 5.60. The Kier molecular flexibility index (Phi) is 6.35. The Morgan fingerprint density at radius 2 is 2.26 bits per heavy atom. The lowest BCUT2D eigenvalue weighted by Gasteiger charge is -2.01. The fraction of sp³-hybridized carbons (Fsp3) is 0.353. The average molecular weight is 333 g/mol. The highest BCUT2D eigenvalue weighted by Gasteiger charge is 2.10. The minimum Gasteiger partial charge on any atom is -0.347 e. The van der Waals surface area contributed by atoms with Gasteiger partial charge >= 0.3 is 0 Å². The first-order valence-corrected chi connectivity index (χ1v) is 8.08. The fourth-order valence-electron chi connectivity index (χ4n) is 2.11. The van der Waals surface area contributed by atoms with Crippen LogP contribution in [0.2, 0.25) is 5.15 Å². The van der Waals surface area contributed by atoms with Crippen LogP contribution in [0.15, 0.2) is 30.5 Å². The number of nitrogens with zero attached hydrogens (tertiary/aromatic N) is 3. The maximum Gasteiger partial charge on any atom is 0.244 e. The molecule has 0 aliphatic rings. The molecule has 5 nitrogen and oxygen atoms in total. The molecule has 2 aromatic rings. The summed E-state index contributed by atoms with van der Waals surface area (Å²) in [6.07, 6.45) is 6.99. The highest BCUT2D eigenvalue weighted by Crippen LogP contribution is 2.21. The van der Waals surface area contributed by atoms with E-state index in [0.717, 1.165) is 36.3 Å². The quantitative estimate of drug-likeness (QED) is 0.791. The molecule has 0 aliphatic heterocycles. The monoisotopic (exact) mass is 332 g/mol. The van der Waals surface area contributed by atoms with Crippen LogP contribution in [-0.2, 0) is 17.9 Å². The van der Waals surface area contributed by atoms with Crippen molar-refractivity contribution < 1.29 is 4.79 Å². The number of hydrogen-bond donors (Lipinski definition) is 1. The Bertz CT molecular complexity index is 679. The van der Waals surface area contributed by atoms with E-state index >= 15 is 0 Å². The van der Waals surface area contributed by atoms with Crippen LogP contribution in [0.1, 0.15) is 36.7 Å². The van der Waals surface area contributed by atoms with Gasteiger partial charge in [-0.15, -0.1) is 0 Å². The summed E-state index contributed by atoms with van der Waals surface area (Å²) in [5.41, 5.74) is 2.42. The average Bonchev–Trinajstić information content (AvgIpc) is 2.83. The number of aryl methyl sites for hydroxylation is 2. The van der Waals surface area contributed by atoms with E-state index in [2.05, 4.69) is 22.3 Å². The van der Waals surface area contributed by atoms with Gasteiger partial charge in [-0.05, 0) is 31.6 Å². The summed E-state index contributed by atoms with van der Waals surface area (Å²) in [5.74, 6) is -0.188. The van der Waals surface area contributed by atoms with Crippen LogP contribution in [0.5, 0.6) is 0 Å². The highest BCUT2D eigenvalue weighted by molar-refractivity contribution is 6.31. The molecule has 2 rings (SSSR count). The zero-order valence-corrected chi connectivity index (χ0v) is 14.2. The maximum absolute atomic E-state index is 11.9. The van der Waals surface area contributed by atoms with E-state index in [-0.39, 0.29) is 5.91 Å². The van der Waals surface area contributed by atoms with Crippen LogP contribution in [0.25, 0.3) is 6.08 Å². The molecule has 2 heterocycles. The topological polar surface area (TPSA) is 59.8 Å². The molecule has 23 heavy (non-hydrogen) atoms. The number of hydrogen-bond acceptors (Lipinski definition) is 3. The summed E-state index contributed by atoms with van der Waals surface area (Å²) >= 11 is 6.33. The van der Waals surface area contributed by atoms with Crippen molar-refractivity contribution in [1.82, 2.24) is 20.1 Å². The molecular weight excluding hydrogens is 312 g/mol. The molecule has 1 N–H and O–H groups in total. The SMILES string of the molecule is CCCCn1nc(C)c(/C=C/C(=O)NCc2ccccn2)c1Cl. The van der Waals surface area contributed by atoms with Gasteiger partial charge in [0.05, 0.1) is 17.9 Å². The number of carbonyl (C=O) groups is 1. The van der Waals surface area contributed by atoms with Gasteiger partial charge in [-0.25, -0.2) is 0 Å². The second-order valence-electron chi connectivity index (χ2n) is 5.24. The van der Waals surface area contributed by atoms with Crippen molar-refractivity contribution in [3.8, 4) is 0 Å². The van der Waals surface area contributed by atoms with Crippen LogP contribution in [0.4, 0.5) is 0 Å². The van der Waals surface area contributed by atoms with Gasteiger partial charge in [-0.2, -0.15) is 5.10 Å². The minimum atomic E-state index is -0.188. The van der Waals surface area contributed by atoms with Crippen molar-refractivity contribution in [3.63, 3.8) is 0 Å². The number of nitrogens with one attached hydrogen (secondary N) is 1. The minimum absolute atomic E-state index is 0.188. The van der Waals surface area contributed by atoms with E-state index in [4.69, 9.17) is 11.6 Å². The highest BCUT2D eigenvalue weighted by atomic mass is 35.5. The molecular formula is C17H21ClN4O. The second kappa shape index (κ2) is 8.48. The summed E-state index contributed by atoms with van der Waals surface area (Å²) in [5, 5.41) is 7.78. The molecule has 6 heteroatoms. The van der Waals surface area contributed by atoms with E-state index in [1.54, 1.807) is 17.0 Å². The van der Waals surface area contributed by atoms with Crippen molar-refractivity contribution in [2.75, 3.05) is 0 Å². The first kappa shape index (κ1) is 17.2. The van der Waals surface area contributed by atoms with Crippen LogP contribution in [0.3, 0.4) is 0 Å². The van der Waals surface area contributed by atoms with Gasteiger partial charge in [0.1, 0.15) is 5.15 Å². The Balaban J connectivity index is 1.96. The first-order chi connectivity index (χ1) is 11.1. The number of amides is 1. The maximum atomic E-state index is 11.9. The molecule has 122 valence electrons. The first-order valence-electron chi connectivity index (χ1n) is 7.70. The van der Waals surface area contributed by atoms with E-state index in [9.17, 15) is 4.79 Å². The number of halogens is 1. The van der Waals surface area contributed by atoms with E-state index < -0.39 is 0 Å². The van der Waals surface area contributed by atoms with Crippen molar-refractivity contribution >= 4 is 23.6 Å². The molecule has 2 aromatic heterocycles. The van der Waals surface area contributed by atoms with Crippen LogP contribution in [-0.4, -0.2) is 20.7 Å². The van der Waals surface area contributed by atoms with Gasteiger partial charge in [0, 0.05) is 24.4 Å². The largest absolute Gasteiger partial charge is 0.347 e. The third-order valence-corrected chi connectivity index (χ3v) is 3.80. The summed E-state index contributed by atoms with van der Waals surface area (Å²) in [6, 6.07) is 5.59. The molecule has 0 aromatic carbocycles. The van der Waals surface area contributed by atoms with Crippen LogP contribution >= 0.6 is 11.6 Å². The predicted molar refractivity (Wildman–Crippen MR) is 92.0 cm³/mol. The number of pyridine rings is 1. The van der Waals surface area contributed by atoms with Crippen LogP contribution in [0, 0.1) is 6.92 Å². The summed E-state index contributed by atoms with van der Waals surface area (Å²) in [6.45, 7) is 5.19. The smallest absolute Gasteiger partial charge is 0.244 e. The Labute approximate surface area is 141 Å². The standard InChI is InChI=1S/C17H21ClN4O/c1-3-4-11-22-17(18)15(13(2)21-22)8-9-16(23)20-12-14-7-5-6-10-19-14/h5-10H,3-4,11-12H2,1-2H3,(H,20,23)/b9-8+. The summed E-state index contributed by atoms with van der Waals surface area (Å²) in [4.78, 5) is 16.1. The van der Waals surface area contributed by atoms with Crippen molar-refractivity contribution in [3.05, 3.63) is 52.6 Å². The number of aromatic nitrogens is 3. The molecule has 1 amide bonds. The van der Waals surface area contributed by atoms with E-state index in [0.29, 0.717) is 11.7 Å². The number of unbranched alkanes of at least 4 members (excludes halogenated alkanes) is 1. The van der Waals surface area contributed by atoms with Crippen molar-refractivity contribution in [1.29, 1.82) is 0 Å². The molecule has 0 unspecified atom stereocenters. The molecule has 0 radical (unpaired) electrons. The van der Waals surface area contributed by atoms with Gasteiger partial charge < -0.3 is 5.32 Å². The number of rotatable bonds is 7. The molecule has 0 bridgehead atoms. The fourth-order valence-corrected chi connectivity index (χ4v) is 2.43. The van der Waals surface area contributed by atoms with Crippen LogP contribution < -0.4 is 5.32 Å². The lowest BCUT2D eigenvalue weighted by Crippen LogP contribution is -2.20. The van der Waals surface area contributed by atoms with Gasteiger partial charge in [0.2, 0.25) is 5.91 Å². The van der Waals surface area contributed by atoms with Crippen molar-refractivity contribution in [2.45, 2.75) is 39.8 Å². The molecule has 0 spiro atoms. The summed E-state index contributed by atoms with van der Waals surface area (Å²) < 4.78 is 1.78. The molecule has 0 aliphatic carbocycles. The third kappa shape index (κ3) is 4.93. The van der Waals surface area contributed by atoms with Gasteiger partial charge in [0.25, 0.3) is 0 Å². The summed E-state index contributed by atoms with van der Waals surface area (Å²) in [7, 11) is 0. The zero-order valence-electron chi connectivity index (χ0n) is 13.4. The van der Waals surface area contributed by atoms with E-state index in [1.807, 2.05) is 25.1 Å². The molecule has 0 saturated carbocycles. The lowest BCUT2D eigenvalue weighted by atomic mass is 10.2. The Hall–Kier alpha value is -2.14. The van der Waals surface area contributed by atoms with Gasteiger partial charge in [-0.1, -0.05) is 31.0 Å². The Morgan fingerprint density at radius 1 is 1.43 bits per heavy atom.